The van der Waals surface area contributed by atoms with Crippen molar-refractivity contribution in [2.24, 2.45) is 0 Å². The van der Waals surface area contributed by atoms with Crippen molar-refractivity contribution >= 4 is 29.1 Å². The fraction of sp³-hybridized carbons (Fsp3) is 0.545. The van der Waals surface area contributed by atoms with Gasteiger partial charge in [0.05, 0.1) is 0 Å². The summed E-state index contributed by atoms with van der Waals surface area (Å²) < 4.78 is 0. The lowest BCUT2D eigenvalue weighted by Gasteiger charge is -2.04. The normalized spacial score (nSPS) is 10.6. The third kappa shape index (κ3) is 5.54. The second kappa shape index (κ2) is 8.52. The van der Waals surface area contributed by atoms with E-state index in [-0.39, 0.29) is 6.61 Å². The van der Waals surface area contributed by atoms with Crippen molar-refractivity contribution in [3.05, 3.63) is 21.9 Å². The molecule has 0 fully saturated rings. The van der Waals surface area contributed by atoms with E-state index in [1.807, 2.05) is 6.07 Å². The number of aliphatic hydroxyl groups is 1. The van der Waals surface area contributed by atoms with Crippen LogP contribution in [0.2, 0.25) is 0 Å². The molecule has 1 aromatic rings. The van der Waals surface area contributed by atoms with E-state index in [1.54, 1.807) is 17.1 Å². The highest BCUT2D eigenvalue weighted by atomic mass is 32.2. The van der Waals surface area contributed by atoms with Gasteiger partial charge in [0.15, 0.2) is 0 Å². The molecule has 0 spiro atoms. The summed E-state index contributed by atoms with van der Waals surface area (Å²) >= 11 is 3.05. The fourth-order valence-corrected chi connectivity index (χ4v) is 2.89. The van der Waals surface area contributed by atoms with Gasteiger partial charge in [-0.05, 0) is 29.2 Å². The van der Waals surface area contributed by atoms with Crippen LogP contribution >= 0.6 is 23.1 Å². The summed E-state index contributed by atoms with van der Waals surface area (Å²) in [6.07, 6.45) is 0.832. The molecule has 0 aliphatic heterocycles. The Morgan fingerprint density at radius 3 is 3.00 bits per heavy atom. The number of hydrogen-bond donors (Lipinski definition) is 3. The molecule has 3 N–H and O–H groups in total. The van der Waals surface area contributed by atoms with Gasteiger partial charge in [0.1, 0.15) is 4.88 Å². The second-order valence-corrected chi connectivity index (χ2v) is 5.59. The van der Waals surface area contributed by atoms with E-state index in [0.717, 1.165) is 30.0 Å². The summed E-state index contributed by atoms with van der Waals surface area (Å²) in [6.45, 7) is 1.70. The number of aromatic carboxylic acids is 1. The van der Waals surface area contributed by atoms with E-state index in [9.17, 15) is 4.79 Å². The number of aliphatic hydroxyl groups excluding tert-OH is 1. The average Bonchev–Trinajstić information content (AvgIpc) is 2.76. The molecule has 0 amide bonds. The molecular weight excluding hydrogens is 258 g/mol. The molecule has 0 unspecified atom stereocenters. The molecule has 0 bridgehead atoms. The molecule has 0 saturated carbocycles. The van der Waals surface area contributed by atoms with Crippen molar-refractivity contribution in [3.8, 4) is 0 Å². The summed E-state index contributed by atoms with van der Waals surface area (Å²) in [4.78, 5) is 11.3. The van der Waals surface area contributed by atoms with Crippen LogP contribution in [0.5, 0.6) is 0 Å². The smallest absolute Gasteiger partial charge is 0.346 e. The number of nitrogens with one attached hydrogen (secondary N) is 1. The largest absolute Gasteiger partial charge is 0.477 e. The fourth-order valence-electron chi connectivity index (χ4n) is 1.30. The van der Waals surface area contributed by atoms with Crippen molar-refractivity contribution < 1.29 is 15.0 Å². The number of hydrogen-bond acceptors (Lipinski definition) is 5. The van der Waals surface area contributed by atoms with Gasteiger partial charge in [0.25, 0.3) is 0 Å². The predicted molar refractivity (Wildman–Crippen MR) is 72.0 cm³/mol. The van der Waals surface area contributed by atoms with E-state index in [4.69, 9.17) is 10.2 Å². The minimum Gasteiger partial charge on any atom is -0.477 e. The van der Waals surface area contributed by atoms with Crippen LogP contribution in [0.3, 0.4) is 0 Å². The van der Waals surface area contributed by atoms with Crippen LogP contribution in [0, 0.1) is 0 Å². The number of rotatable bonds is 9. The van der Waals surface area contributed by atoms with Crippen LogP contribution in [0.4, 0.5) is 0 Å². The van der Waals surface area contributed by atoms with Gasteiger partial charge in [-0.3, -0.25) is 0 Å². The van der Waals surface area contributed by atoms with E-state index in [2.05, 4.69) is 5.32 Å². The summed E-state index contributed by atoms with van der Waals surface area (Å²) in [5.74, 6) is 1.10. The molecule has 0 radical (unpaired) electrons. The molecule has 0 saturated heterocycles. The Morgan fingerprint density at radius 2 is 2.29 bits per heavy atom. The van der Waals surface area contributed by atoms with Gasteiger partial charge in [-0.1, -0.05) is 0 Å². The molecule has 0 aliphatic rings. The van der Waals surface area contributed by atoms with Crippen molar-refractivity contribution in [2.45, 2.75) is 13.0 Å². The molecule has 4 nitrogen and oxygen atoms in total. The monoisotopic (exact) mass is 275 g/mol. The molecule has 96 valence electrons. The van der Waals surface area contributed by atoms with Gasteiger partial charge >= 0.3 is 5.97 Å². The van der Waals surface area contributed by atoms with E-state index < -0.39 is 5.97 Å². The van der Waals surface area contributed by atoms with Gasteiger partial charge in [0.2, 0.25) is 0 Å². The SMILES string of the molecule is O=C(O)c1sccc1CNCCSCCCO. The third-order valence-electron chi connectivity index (χ3n) is 2.13. The van der Waals surface area contributed by atoms with Crippen molar-refractivity contribution in [1.29, 1.82) is 0 Å². The van der Waals surface area contributed by atoms with Gasteiger partial charge in [-0.25, -0.2) is 4.79 Å². The van der Waals surface area contributed by atoms with Gasteiger partial charge in [-0.15, -0.1) is 11.3 Å². The van der Waals surface area contributed by atoms with Crippen molar-refractivity contribution in [3.63, 3.8) is 0 Å². The first kappa shape index (κ1) is 14.5. The van der Waals surface area contributed by atoms with Gasteiger partial charge in [0, 0.05) is 25.4 Å². The zero-order valence-electron chi connectivity index (χ0n) is 9.52. The number of carbonyl (C=O) groups is 1. The first-order valence-electron chi connectivity index (χ1n) is 5.44. The average molecular weight is 275 g/mol. The van der Waals surface area contributed by atoms with Crippen LogP contribution in [0.25, 0.3) is 0 Å². The summed E-state index contributed by atoms with van der Waals surface area (Å²) in [7, 11) is 0. The third-order valence-corrected chi connectivity index (χ3v) is 4.14. The molecule has 17 heavy (non-hydrogen) atoms. The number of carboxylic acids is 1. The Balaban J connectivity index is 2.14. The Hall–Kier alpha value is -0.560. The number of thioether (sulfide) groups is 1. The molecule has 1 rings (SSSR count). The van der Waals surface area contributed by atoms with E-state index >= 15 is 0 Å². The molecular formula is C11H17NO3S2. The maximum Gasteiger partial charge on any atom is 0.346 e. The Bertz CT molecular complexity index is 341. The Morgan fingerprint density at radius 1 is 1.47 bits per heavy atom. The first-order valence-corrected chi connectivity index (χ1v) is 7.48. The maximum atomic E-state index is 10.8. The van der Waals surface area contributed by atoms with E-state index in [1.165, 1.54) is 11.3 Å². The van der Waals surface area contributed by atoms with Crippen LogP contribution in [-0.4, -0.2) is 40.8 Å². The summed E-state index contributed by atoms with van der Waals surface area (Å²) in [5, 5.41) is 22.5. The highest BCUT2D eigenvalue weighted by Gasteiger charge is 2.10. The highest BCUT2D eigenvalue weighted by Crippen LogP contribution is 2.16. The second-order valence-electron chi connectivity index (χ2n) is 3.45. The molecule has 1 heterocycles. The van der Waals surface area contributed by atoms with E-state index in [0.29, 0.717) is 11.4 Å². The highest BCUT2D eigenvalue weighted by molar-refractivity contribution is 7.99. The molecule has 0 aromatic carbocycles. The lowest BCUT2D eigenvalue weighted by Crippen LogP contribution is -2.17. The van der Waals surface area contributed by atoms with Gasteiger partial charge in [-0.2, -0.15) is 11.8 Å². The zero-order valence-corrected chi connectivity index (χ0v) is 11.1. The van der Waals surface area contributed by atoms with Crippen LogP contribution < -0.4 is 5.32 Å². The van der Waals surface area contributed by atoms with Crippen LogP contribution in [-0.2, 0) is 6.54 Å². The van der Waals surface area contributed by atoms with Crippen LogP contribution in [0.1, 0.15) is 21.7 Å². The molecule has 6 heteroatoms. The summed E-state index contributed by atoms with van der Waals surface area (Å²) in [5.41, 5.74) is 0.850. The topological polar surface area (TPSA) is 69.6 Å². The zero-order chi connectivity index (χ0) is 12.5. The maximum absolute atomic E-state index is 10.8. The summed E-state index contributed by atoms with van der Waals surface area (Å²) in [6, 6.07) is 1.85. The lowest BCUT2D eigenvalue weighted by atomic mass is 10.2. The molecule has 1 aromatic heterocycles. The van der Waals surface area contributed by atoms with Crippen molar-refractivity contribution in [2.75, 3.05) is 24.7 Å². The number of carboxylic acid groups (broad SMARTS) is 1. The molecule has 0 atom stereocenters. The minimum absolute atomic E-state index is 0.247. The first-order chi connectivity index (χ1) is 8.25. The van der Waals surface area contributed by atoms with Crippen LogP contribution in [0.15, 0.2) is 11.4 Å². The Kier molecular flexibility index (Phi) is 7.27. The molecule has 0 aliphatic carbocycles. The quantitative estimate of drug-likeness (QED) is 0.598. The standard InChI is InChI=1S/C11H17NO3S2/c13-4-1-5-16-7-3-12-8-9-2-6-17-10(9)11(14)15/h2,6,12-13H,1,3-5,7-8H2,(H,14,15). The lowest BCUT2D eigenvalue weighted by molar-refractivity contribution is 0.0701. The van der Waals surface area contributed by atoms with Gasteiger partial charge < -0.3 is 15.5 Å². The minimum atomic E-state index is -0.853. The van der Waals surface area contributed by atoms with Crippen molar-refractivity contribution in [1.82, 2.24) is 5.32 Å². The number of thiophene rings is 1. The Labute approximate surface area is 109 Å². The predicted octanol–water partition coefficient (Wildman–Crippen LogP) is 1.65.